The minimum Gasteiger partial charge on any atom is -0.466 e. The lowest BCUT2D eigenvalue weighted by Gasteiger charge is -2.06. The highest BCUT2D eigenvalue weighted by Gasteiger charge is 2.02. The summed E-state index contributed by atoms with van der Waals surface area (Å²) in [5, 5.41) is 0. The van der Waals surface area contributed by atoms with Gasteiger partial charge in [-0.1, -0.05) is 167 Å². The topological polar surface area (TPSA) is 26.3 Å². The summed E-state index contributed by atoms with van der Waals surface area (Å²) in [6.45, 7) is 5.19. The van der Waals surface area contributed by atoms with Gasteiger partial charge in [0.05, 0.1) is 6.61 Å². The zero-order valence-corrected chi connectivity index (χ0v) is 25.7. The molecule has 0 aliphatic rings. The molecular formula is C35H68O2. The van der Waals surface area contributed by atoms with Gasteiger partial charge in [0.1, 0.15) is 0 Å². The molecule has 0 bridgehead atoms. The first-order chi connectivity index (χ1) is 18.3. The van der Waals surface area contributed by atoms with E-state index in [-0.39, 0.29) is 5.97 Å². The van der Waals surface area contributed by atoms with E-state index < -0.39 is 0 Å². The van der Waals surface area contributed by atoms with Gasteiger partial charge in [0.25, 0.3) is 0 Å². The molecule has 0 saturated carbocycles. The molecule has 0 atom stereocenters. The standard InChI is InChI=1S/C35H68O2/c1-3-5-7-9-11-13-15-16-17-18-19-20-21-22-23-25-27-29-31-33-35(36)37-34-32-30-28-26-24-14-12-10-8-6-4-2/h16-17H,3-15,18-34H2,1-2H3. The van der Waals surface area contributed by atoms with E-state index in [4.69, 9.17) is 4.74 Å². The first kappa shape index (κ1) is 36.2. The molecule has 0 amide bonds. The van der Waals surface area contributed by atoms with E-state index in [2.05, 4.69) is 26.0 Å². The monoisotopic (exact) mass is 521 g/mol. The Labute approximate surface area is 234 Å². The Morgan fingerprint density at radius 3 is 1.16 bits per heavy atom. The molecule has 0 aromatic carbocycles. The highest BCUT2D eigenvalue weighted by Crippen LogP contribution is 2.14. The molecule has 0 rings (SSSR count). The largest absolute Gasteiger partial charge is 0.466 e. The molecule has 0 saturated heterocycles. The first-order valence-corrected chi connectivity index (χ1v) is 17.1. The van der Waals surface area contributed by atoms with E-state index >= 15 is 0 Å². The van der Waals surface area contributed by atoms with Crippen LogP contribution in [-0.4, -0.2) is 12.6 Å². The third kappa shape index (κ3) is 33.2. The third-order valence-electron chi connectivity index (χ3n) is 7.65. The van der Waals surface area contributed by atoms with Crippen molar-refractivity contribution in [2.45, 2.75) is 200 Å². The summed E-state index contributed by atoms with van der Waals surface area (Å²) in [6, 6.07) is 0. The molecule has 2 nitrogen and oxygen atoms in total. The van der Waals surface area contributed by atoms with Crippen LogP contribution in [0.1, 0.15) is 200 Å². The van der Waals surface area contributed by atoms with Crippen LogP contribution in [0.2, 0.25) is 0 Å². The summed E-state index contributed by atoms with van der Waals surface area (Å²) in [4.78, 5) is 11.9. The molecule has 0 radical (unpaired) electrons. The number of carbonyl (C=O) groups excluding carboxylic acids is 1. The van der Waals surface area contributed by atoms with Crippen molar-refractivity contribution in [2.75, 3.05) is 6.61 Å². The second-order valence-corrected chi connectivity index (χ2v) is 11.5. The Kier molecular flexibility index (Phi) is 32.5. The van der Waals surface area contributed by atoms with E-state index in [0.717, 1.165) is 12.8 Å². The van der Waals surface area contributed by atoms with E-state index in [0.29, 0.717) is 13.0 Å². The van der Waals surface area contributed by atoms with Crippen LogP contribution in [-0.2, 0) is 9.53 Å². The lowest BCUT2D eigenvalue weighted by molar-refractivity contribution is -0.143. The second kappa shape index (κ2) is 33.2. The summed E-state index contributed by atoms with van der Waals surface area (Å²) in [5.41, 5.74) is 0. The molecule has 0 aliphatic heterocycles. The number of ether oxygens (including phenoxy) is 1. The Bertz CT molecular complexity index is 456. The molecule has 220 valence electrons. The average Bonchev–Trinajstić information content (AvgIpc) is 2.90. The van der Waals surface area contributed by atoms with Gasteiger partial charge >= 0.3 is 5.97 Å². The Morgan fingerprint density at radius 1 is 0.432 bits per heavy atom. The van der Waals surface area contributed by atoms with Crippen molar-refractivity contribution in [3.63, 3.8) is 0 Å². The number of carbonyl (C=O) groups is 1. The van der Waals surface area contributed by atoms with Gasteiger partial charge in [0.15, 0.2) is 0 Å². The van der Waals surface area contributed by atoms with Crippen molar-refractivity contribution in [2.24, 2.45) is 0 Å². The van der Waals surface area contributed by atoms with Crippen LogP contribution >= 0.6 is 0 Å². The van der Waals surface area contributed by atoms with Gasteiger partial charge in [-0.05, 0) is 38.5 Å². The molecular weight excluding hydrogens is 452 g/mol. The van der Waals surface area contributed by atoms with Gasteiger partial charge in [0.2, 0.25) is 0 Å². The number of unbranched alkanes of at least 4 members (excludes halogenated alkanes) is 25. The van der Waals surface area contributed by atoms with Crippen LogP contribution in [0.3, 0.4) is 0 Å². The predicted molar refractivity (Wildman–Crippen MR) is 165 cm³/mol. The van der Waals surface area contributed by atoms with Crippen molar-refractivity contribution in [1.29, 1.82) is 0 Å². The summed E-state index contributed by atoms with van der Waals surface area (Å²) in [6.07, 6.45) is 42.7. The van der Waals surface area contributed by atoms with E-state index in [1.807, 2.05) is 0 Å². The van der Waals surface area contributed by atoms with Crippen molar-refractivity contribution >= 4 is 5.97 Å². The van der Waals surface area contributed by atoms with Crippen LogP contribution in [0.25, 0.3) is 0 Å². The molecule has 0 aromatic heterocycles. The number of esters is 1. The van der Waals surface area contributed by atoms with Gasteiger partial charge in [-0.25, -0.2) is 0 Å². The van der Waals surface area contributed by atoms with Crippen LogP contribution in [0.15, 0.2) is 12.2 Å². The summed E-state index contributed by atoms with van der Waals surface area (Å²) in [7, 11) is 0. The predicted octanol–water partition coefficient (Wildman–Crippen LogP) is 12.4. The zero-order valence-electron chi connectivity index (χ0n) is 25.7. The maximum atomic E-state index is 11.9. The molecule has 0 aliphatic carbocycles. The fraction of sp³-hybridized carbons (Fsp3) is 0.914. The van der Waals surface area contributed by atoms with Crippen LogP contribution in [0.5, 0.6) is 0 Å². The molecule has 0 N–H and O–H groups in total. The van der Waals surface area contributed by atoms with Crippen molar-refractivity contribution in [3.8, 4) is 0 Å². The number of hydrogen-bond acceptors (Lipinski definition) is 2. The van der Waals surface area contributed by atoms with Crippen LogP contribution in [0, 0.1) is 0 Å². The molecule has 2 heteroatoms. The normalized spacial score (nSPS) is 11.5. The number of hydrogen-bond donors (Lipinski definition) is 0. The molecule has 37 heavy (non-hydrogen) atoms. The first-order valence-electron chi connectivity index (χ1n) is 17.1. The zero-order chi connectivity index (χ0) is 26.9. The SMILES string of the molecule is CCCCCCCCC=CCCCCCCCCCCCC(=O)OCCCCCCCCCCCCC. The molecule has 0 unspecified atom stereocenters. The average molecular weight is 521 g/mol. The molecule has 0 heterocycles. The number of rotatable bonds is 31. The Balaban J connectivity index is 3.18. The fourth-order valence-electron chi connectivity index (χ4n) is 5.07. The summed E-state index contributed by atoms with van der Waals surface area (Å²) < 4.78 is 5.42. The van der Waals surface area contributed by atoms with E-state index in [1.165, 1.54) is 167 Å². The third-order valence-corrected chi connectivity index (χ3v) is 7.65. The minimum absolute atomic E-state index is 0.0214. The second-order valence-electron chi connectivity index (χ2n) is 11.5. The maximum Gasteiger partial charge on any atom is 0.305 e. The lowest BCUT2D eigenvalue weighted by atomic mass is 10.1. The van der Waals surface area contributed by atoms with Crippen molar-refractivity contribution < 1.29 is 9.53 Å². The van der Waals surface area contributed by atoms with E-state index in [1.54, 1.807) is 0 Å². The quantitative estimate of drug-likeness (QED) is 0.0516. The highest BCUT2D eigenvalue weighted by molar-refractivity contribution is 5.69. The van der Waals surface area contributed by atoms with Crippen molar-refractivity contribution in [1.82, 2.24) is 0 Å². The van der Waals surface area contributed by atoms with Gasteiger partial charge in [-0.2, -0.15) is 0 Å². The maximum absolute atomic E-state index is 11.9. The van der Waals surface area contributed by atoms with Crippen molar-refractivity contribution in [3.05, 3.63) is 12.2 Å². The Hall–Kier alpha value is -0.790. The summed E-state index contributed by atoms with van der Waals surface area (Å²) in [5.74, 6) is 0.0214. The molecule has 0 aromatic rings. The smallest absolute Gasteiger partial charge is 0.305 e. The lowest BCUT2D eigenvalue weighted by Crippen LogP contribution is -2.05. The van der Waals surface area contributed by atoms with Gasteiger partial charge in [-0.3, -0.25) is 4.79 Å². The van der Waals surface area contributed by atoms with Crippen LogP contribution < -0.4 is 0 Å². The van der Waals surface area contributed by atoms with Gasteiger partial charge < -0.3 is 4.74 Å². The van der Waals surface area contributed by atoms with Gasteiger partial charge in [-0.15, -0.1) is 0 Å². The molecule has 0 fully saturated rings. The number of allylic oxidation sites excluding steroid dienone is 2. The molecule has 0 spiro atoms. The fourth-order valence-corrected chi connectivity index (χ4v) is 5.07. The van der Waals surface area contributed by atoms with Gasteiger partial charge in [0, 0.05) is 6.42 Å². The highest BCUT2D eigenvalue weighted by atomic mass is 16.5. The van der Waals surface area contributed by atoms with Crippen LogP contribution in [0.4, 0.5) is 0 Å². The summed E-state index contributed by atoms with van der Waals surface area (Å²) >= 11 is 0. The Morgan fingerprint density at radius 2 is 0.757 bits per heavy atom. The minimum atomic E-state index is 0.0214. The van der Waals surface area contributed by atoms with E-state index in [9.17, 15) is 4.79 Å².